The molecular formula is C18H26Cl3N6O8P. The molecule has 14 nitrogen and oxygen atoms in total. The minimum absolute atomic E-state index is 0.0486. The summed E-state index contributed by atoms with van der Waals surface area (Å²) >= 11 is 17.2. The van der Waals surface area contributed by atoms with Crippen molar-refractivity contribution in [1.82, 2.24) is 14.6 Å². The third-order valence-electron chi connectivity index (χ3n) is 5.09. The van der Waals surface area contributed by atoms with Gasteiger partial charge in [0.15, 0.2) is 0 Å². The van der Waals surface area contributed by atoms with Crippen molar-refractivity contribution >= 4 is 48.5 Å². The summed E-state index contributed by atoms with van der Waals surface area (Å²) in [6, 6.07) is -1.95. The highest BCUT2D eigenvalue weighted by molar-refractivity contribution is 7.51. The van der Waals surface area contributed by atoms with Crippen LogP contribution < -0.4 is 16.3 Å². The fourth-order valence-electron chi connectivity index (χ4n) is 3.24. The Bertz CT molecular complexity index is 1150. The van der Waals surface area contributed by atoms with E-state index in [9.17, 15) is 18.9 Å². The Morgan fingerprint density at radius 1 is 1.42 bits per heavy atom. The topological polar surface area (TPSA) is 187 Å². The highest BCUT2D eigenvalue weighted by Crippen LogP contribution is 2.48. The Balaban J connectivity index is 2.28. The van der Waals surface area contributed by atoms with Gasteiger partial charge in [-0.25, -0.2) is 14.4 Å². The van der Waals surface area contributed by atoms with Crippen molar-refractivity contribution in [3.05, 3.63) is 43.0 Å². The summed E-state index contributed by atoms with van der Waals surface area (Å²) in [7, 11) is -3.18. The van der Waals surface area contributed by atoms with Gasteiger partial charge in [0.05, 0.1) is 25.9 Å². The number of nitrogens with one attached hydrogen (secondary N) is 2. The molecule has 1 aromatic heterocycles. The number of methoxy groups -OCH3 is 1. The number of carbonyl (C=O) groups excluding carboxylic acids is 1. The Morgan fingerprint density at radius 3 is 2.64 bits per heavy atom. The lowest BCUT2D eigenvalue weighted by Gasteiger charge is -2.28. The van der Waals surface area contributed by atoms with Gasteiger partial charge >= 0.3 is 19.4 Å². The highest BCUT2D eigenvalue weighted by atomic mass is 35.6. The van der Waals surface area contributed by atoms with E-state index in [1.165, 1.54) is 13.1 Å². The Kier molecular flexibility index (Phi) is 10.9. The van der Waals surface area contributed by atoms with Crippen molar-refractivity contribution in [3.63, 3.8) is 0 Å². The molecule has 1 aromatic rings. The first-order valence-corrected chi connectivity index (χ1v) is 13.2. The molecule has 202 valence electrons. The van der Waals surface area contributed by atoms with Crippen LogP contribution in [0.1, 0.15) is 32.1 Å². The number of azide groups is 1. The van der Waals surface area contributed by atoms with Crippen LogP contribution in [-0.2, 0) is 27.9 Å². The number of aromatic amines is 1. The van der Waals surface area contributed by atoms with E-state index in [4.69, 9.17) is 58.9 Å². The fourth-order valence-corrected chi connectivity index (χ4v) is 5.30. The van der Waals surface area contributed by atoms with Gasteiger partial charge in [-0.3, -0.25) is 28.2 Å². The van der Waals surface area contributed by atoms with Crippen LogP contribution in [0.4, 0.5) is 0 Å². The first-order chi connectivity index (χ1) is 16.7. The summed E-state index contributed by atoms with van der Waals surface area (Å²) in [5.74, 6) is -1.13. The quantitative estimate of drug-likeness (QED) is 0.0973. The third-order valence-corrected chi connectivity index (χ3v) is 6.97. The smallest absolute Gasteiger partial charge is 0.406 e. The van der Waals surface area contributed by atoms with Crippen LogP contribution in [0, 0.1) is 12.8 Å². The van der Waals surface area contributed by atoms with Crippen LogP contribution in [0.25, 0.3) is 10.4 Å². The summed E-state index contributed by atoms with van der Waals surface area (Å²) in [4.78, 5) is 41.1. The van der Waals surface area contributed by atoms with Crippen LogP contribution in [0.5, 0.6) is 0 Å². The number of ether oxygens (including phenoxy) is 2. The zero-order valence-electron chi connectivity index (χ0n) is 19.7. The number of aryl methyl sites for hydroxylation is 1. The predicted octanol–water partition coefficient (Wildman–Crippen LogP) is 3.11. The average molecular weight is 592 g/mol. The molecule has 0 saturated carbocycles. The SMILES string of the molecule is COC(=O)[C@@H](NP(=O)(OC[C@H]1O[C@@H](n2cc(C)c(=O)[nH]c2=O)C[C@@H]1N=[N+]=[N-])OCC(Cl)(Cl)Cl)C(C)C. The average Bonchev–Trinajstić information content (AvgIpc) is 3.19. The molecule has 0 radical (unpaired) electrons. The normalized spacial score (nSPS) is 22.6. The summed E-state index contributed by atoms with van der Waals surface area (Å²) in [5.41, 5.74) is 7.94. The van der Waals surface area contributed by atoms with Crippen molar-refractivity contribution in [2.24, 2.45) is 11.0 Å². The zero-order valence-corrected chi connectivity index (χ0v) is 22.9. The molecule has 1 fully saturated rings. The molecule has 1 aliphatic rings. The number of esters is 1. The minimum Gasteiger partial charge on any atom is -0.468 e. The molecule has 0 aromatic carbocycles. The molecule has 2 heterocycles. The zero-order chi connectivity index (χ0) is 27.3. The number of nitrogens with zero attached hydrogens (tertiary/aromatic N) is 4. The first kappa shape index (κ1) is 30.6. The monoisotopic (exact) mass is 590 g/mol. The number of H-pyrrole nitrogens is 1. The minimum atomic E-state index is -4.34. The number of halogens is 3. The molecule has 1 aliphatic heterocycles. The van der Waals surface area contributed by atoms with Crippen molar-refractivity contribution in [2.45, 2.75) is 55.4 Å². The lowest BCUT2D eigenvalue weighted by Crippen LogP contribution is -2.41. The van der Waals surface area contributed by atoms with Crippen LogP contribution in [-0.4, -0.2) is 57.8 Å². The number of carbonyl (C=O) groups is 1. The Labute approximate surface area is 220 Å². The van der Waals surface area contributed by atoms with E-state index in [1.807, 2.05) is 0 Å². The maximum absolute atomic E-state index is 13.5. The van der Waals surface area contributed by atoms with Gasteiger partial charge in [-0.2, -0.15) is 0 Å². The van der Waals surface area contributed by atoms with Gasteiger partial charge in [0, 0.05) is 23.1 Å². The molecule has 0 aliphatic carbocycles. The molecule has 1 saturated heterocycles. The van der Waals surface area contributed by atoms with Gasteiger partial charge in [-0.05, 0) is 18.4 Å². The number of hydrogen-bond donors (Lipinski definition) is 2. The standard InChI is InChI=1S/C18H26Cl3N6O8P/c1-9(2)14(16(29)32-4)25-36(31,34-8-18(19,20)21)33-7-12-11(24-26-22)5-13(35-12)27-6-10(3)15(28)23-17(27)30/h6,9,11-14H,5,7-8H2,1-4H3,(H,25,31)(H,23,28,30)/t11-,12+,13+,14-,36?/m0/s1. The second kappa shape index (κ2) is 12.8. The van der Waals surface area contributed by atoms with E-state index in [-0.39, 0.29) is 12.0 Å². The largest absolute Gasteiger partial charge is 0.468 e. The fraction of sp³-hybridized carbons (Fsp3) is 0.722. The van der Waals surface area contributed by atoms with E-state index in [2.05, 4.69) is 20.1 Å². The van der Waals surface area contributed by atoms with Gasteiger partial charge in [0.2, 0.25) is 3.79 Å². The van der Waals surface area contributed by atoms with Crippen molar-refractivity contribution in [3.8, 4) is 0 Å². The van der Waals surface area contributed by atoms with E-state index < -0.39 is 72.3 Å². The lowest BCUT2D eigenvalue weighted by atomic mass is 10.1. The Hall–Kier alpha value is -1.60. The van der Waals surface area contributed by atoms with E-state index in [1.54, 1.807) is 13.8 Å². The van der Waals surface area contributed by atoms with Crippen molar-refractivity contribution < 1.29 is 27.9 Å². The summed E-state index contributed by atoms with van der Waals surface area (Å²) in [5, 5.41) is 6.16. The van der Waals surface area contributed by atoms with Crippen LogP contribution >= 0.6 is 42.5 Å². The Morgan fingerprint density at radius 2 is 2.08 bits per heavy atom. The maximum atomic E-state index is 13.5. The molecule has 1 unspecified atom stereocenters. The van der Waals surface area contributed by atoms with Gasteiger partial charge in [0.1, 0.15) is 18.9 Å². The highest BCUT2D eigenvalue weighted by Gasteiger charge is 2.41. The lowest BCUT2D eigenvalue weighted by molar-refractivity contribution is -0.143. The number of hydrogen-bond acceptors (Lipinski definition) is 9. The predicted molar refractivity (Wildman–Crippen MR) is 131 cm³/mol. The molecule has 2 N–H and O–H groups in total. The molecule has 36 heavy (non-hydrogen) atoms. The van der Waals surface area contributed by atoms with Gasteiger partial charge in [-0.15, -0.1) is 0 Å². The molecule has 0 spiro atoms. The number of aromatic nitrogens is 2. The molecule has 5 atom stereocenters. The summed E-state index contributed by atoms with van der Waals surface area (Å²) < 4.78 is 34.0. The van der Waals surface area contributed by atoms with Crippen molar-refractivity contribution in [2.75, 3.05) is 20.3 Å². The third kappa shape index (κ3) is 8.47. The van der Waals surface area contributed by atoms with Gasteiger partial charge in [0.25, 0.3) is 5.56 Å². The van der Waals surface area contributed by atoms with Gasteiger partial charge in [-0.1, -0.05) is 53.8 Å². The van der Waals surface area contributed by atoms with Gasteiger partial charge < -0.3 is 9.47 Å². The number of rotatable bonds is 11. The number of alkyl halides is 3. The molecule has 18 heteroatoms. The van der Waals surface area contributed by atoms with Crippen LogP contribution in [0.2, 0.25) is 0 Å². The maximum Gasteiger partial charge on any atom is 0.406 e. The van der Waals surface area contributed by atoms with Crippen LogP contribution in [0.15, 0.2) is 20.9 Å². The van der Waals surface area contributed by atoms with E-state index >= 15 is 0 Å². The first-order valence-electron chi connectivity index (χ1n) is 10.5. The summed E-state index contributed by atoms with van der Waals surface area (Å²) in [6.07, 6.45) is -0.563. The molecule has 0 amide bonds. The van der Waals surface area contributed by atoms with E-state index in [0.717, 1.165) is 11.7 Å². The van der Waals surface area contributed by atoms with Crippen LogP contribution in [0.3, 0.4) is 0 Å². The second-order valence-electron chi connectivity index (χ2n) is 8.17. The van der Waals surface area contributed by atoms with E-state index in [0.29, 0.717) is 0 Å². The molecule has 0 bridgehead atoms. The molecular weight excluding hydrogens is 566 g/mol. The second-order valence-corrected chi connectivity index (χ2v) is 12.5. The summed E-state index contributed by atoms with van der Waals surface area (Å²) in [6.45, 7) is 3.72. The molecule has 2 rings (SSSR count). The van der Waals surface area contributed by atoms with Crippen molar-refractivity contribution in [1.29, 1.82) is 0 Å².